The minimum Gasteiger partial charge on any atom is -0.457 e. The van der Waals surface area contributed by atoms with E-state index in [1.54, 1.807) is 42.5 Å². The van der Waals surface area contributed by atoms with Crippen LogP contribution in [0.15, 0.2) is 60.7 Å². The Morgan fingerprint density at radius 1 is 0.633 bits per heavy atom. The van der Waals surface area contributed by atoms with E-state index in [0.29, 0.717) is 28.6 Å². The van der Waals surface area contributed by atoms with Crippen molar-refractivity contribution < 1.29 is 38.4 Å². The molecule has 8 nitrogen and oxygen atoms in total. The number of cyclic esters (lactones) is 3. The first kappa shape index (κ1) is 17.9. The van der Waals surface area contributed by atoms with Crippen LogP contribution in [-0.2, 0) is 9.47 Å². The Balaban J connectivity index is 1.31. The molecule has 30 heavy (non-hydrogen) atoms. The quantitative estimate of drug-likeness (QED) is 0.517. The third-order valence-corrected chi connectivity index (χ3v) is 4.64. The minimum absolute atomic E-state index is 0.165. The second-order valence-corrected chi connectivity index (χ2v) is 6.57. The van der Waals surface area contributed by atoms with Gasteiger partial charge in [-0.3, -0.25) is 0 Å². The Bertz CT molecular complexity index is 1210. The van der Waals surface area contributed by atoms with E-state index in [2.05, 4.69) is 4.74 Å². The zero-order valence-electron chi connectivity index (χ0n) is 15.2. The number of fused-ring (bicyclic) bond motifs is 2. The molecule has 0 fully saturated rings. The van der Waals surface area contributed by atoms with Crippen LogP contribution in [0.4, 0.5) is 0 Å². The number of carbonyl (C=O) groups is 3. The number of ether oxygens (including phenoxy) is 4. The molecular formula is C22H12O8. The highest BCUT2D eigenvalue weighted by Crippen LogP contribution is 2.34. The number of esters is 3. The lowest BCUT2D eigenvalue weighted by Crippen LogP contribution is -1.96. The van der Waals surface area contributed by atoms with E-state index in [4.69, 9.17) is 14.2 Å². The summed E-state index contributed by atoms with van der Waals surface area (Å²) in [5.74, 6) is -0.197. The van der Waals surface area contributed by atoms with Gasteiger partial charge in [-0.1, -0.05) is 0 Å². The molecule has 0 bridgehead atoms. The molecule has 148 valence electrons. The fraction of sp³-hybridized carbons (Fsp3) is 0.0455. The standard InChI is InChI=1S/C22H12O8/c23-19-15-7-5-13(9-17(15)21(25)29-19)27-11-1-2-12(4-3-11)28-14-6-8-16-18(10-14)22(26)30-20(16)24/h1-10,19,23H. The van der Waals surface area contributed by atoms with Crippen molar-refractivity contribution in [3.63, 3.8) is 0 Å². The van der Waals surface area contributed by atoms with E-state index < -0.39 is 24.2 Å². The highest BCUT2D eigenvalue weighted by atomic mass is 16.6. The van der Waals surface area contributed by atoms with Gasteiger partial charge >= 0.3 is 17.9 Å². The van der Waals surface area contributed by atoms with Crippen LogP contribution >= 0.6 is 0 Å². The summed E-state index contributed by atoms with van der Waals surface area (Å²) in [4.78, 5) is 34.8. The maximum atomic E-state index is 11.7. The molecule has 1 N–H and O–H groups in total. The van der Waals surface area contributed by atoms with Crippen molar-refractivity contribution in [3.05, 3.63) is 82.9 Å². The molecule has 3 aromatic carbocycles. The summed E-state index contributed by atoms with van der Waals surface area (Å²) in [5, 5.41) is 9.62. The molecule has 0 saturated carbocycles. The average Bonchev–Trinajstić information content (AvgIpc) is 3.18. The van der Waals surface area contributed by atoms with Gasteiger partial charge in [0, 0.05) is 5.56 Å². The number of aliphatic hydroxyl groups excluding tert-OH is 1. The number of hydrogen-bond donors (Lipinski definition) is 1. The molecule has 0 spiro atoms. The Kier molecular flexibility index (Phi) is 4.00. The van der Waals surface area contributed by atoms with E-state index in [1.807, 2.05) is 0 Å². The third-order valence-electron chi connectivity index (χ3n) is 4.64. The second kappa shape index (κ2) is 6.71. The van der Waals surface area contributed by atoms with Gasteiger partial charge in [-0.2, -0.15) is 0 Å². The summed E-state index contributed by atoms with van der Waals surface area (Å²) in [6, 6.07) is 15.9. The van der Waals surface area contributed by atoms with Gasteiger partial charge in [-0.25, -0.2) is 14.4 Å². The van der Waals surface area contributed by atoms with Gasteiger partial charge < -0.3 is 24.1 Å². The summed E-state index contributed by atoms with van der Waals surface area (Å²) < 4.78 is 20.8. The topological polar surface area (TPSA) is 108 Å². The summed E-state index contributed by atoms with van der Waals surface area (Å²) in [7, 11) is 0. The van der Waals surface area contributed by atoms with Crippen LogP contribution in [0.1, 0.15) is 42.9 Å². The highest BCUT2D eigenvalue weighted by molar-refractivity contribution is 6.14. The number of aliphatic hydroxyl groups is 1. The monoisotopic (exact) mass is 404 g/mol. The molecule has 0 saturated heterocycles. The van der Waals surface area contributed by atoms with Crippen LogP contribution in [0.25, 0.3) is 0 Å². The largest absolute Gasteiger partial charge is 0.457 e. The molecule has 2 aliphatic heterocycles. The molecule has 0 aliphatic carbocycles. The number of rotatable bonds is 4. The molecule has 5 rings (SSSR count). The van der Waals surface area contributed by atoms with Gasteiger partial charge in [-0.15, -0.1) is 0 Å². The Hall–Kier alpha value is -4.17. The summed E-state index contributed by atoms with van der Waals surface area (Å²) in [6.07, 6.45) is -1.25. The molecule has 3 aromatic rings. The fourth-order valence-corrected chi connectivity index (χ4v) is 3.20. The SMILES string of the molecule is O=C1OC(=O)c2cc(Oc3ccc(Oc4ccc5c(c4)C(=O)OC5O)cc3)ccc21. The normalized spacial score (nSPS) is 16.6. The van der Waals surface area contributed by atoms with Crippen molar-refractivity contribution in [3.8, 4) is 23.0 Å². The molecule has 0 amide bonds. The summed E-state index contributed by atoms with van der Waals surface area (Å²) in [5.41, 5.74) is 1.03. The van der Waals surface area contributed by atoms with Crippen molar-refractivity contribution in [2.75, 3.05) is 0 Å². The van der Waals surface area contributed by atoms with E-state index in [0.717, 1.165) is 0 Å². The minimum atomic E-state index is -1.25. The van der Waals surface area contributed by atoms with Crippen molar-refractivity contribution in [1.82, 2.24) is 0 Å². The van der Waals surface area contributed by atoms with Crippen LogP contribution in [0.5, 0.6) is 23.0 Å². The van der Waals surface area contributed by atoms with E-state index in [-0.39, 0.29) is 16.7 Å². The predicted molar refractivity (Wildman–Crippen MR) is 99.6 cm³/mol. The highest BCUT2D eigenvalue weighted by Gasteiger charge is 2.30. The first-order valence-corrected chi connectivity index (χ1v) is 8.87. The summed E-state index contributed by atoms with van der Waals surface area (Å²) in [6.45, 7) is 0. The Morgan fingerprint density at radius 2 is 1.17 bits per heavy atom. The zero-order valence-corrected chi connectivity index (χ0v) is 15.2. The van der Waals surface area contributed by atoms with Gasteiger partial charge in [0.1, 0.15) is 23.0 Å². The van der Waals surface area contributed by atoms with Crippen molar-refractivity contribution in [2.24, 2.45) is 0 Å². The lowest BCUT2D eigenvalue weighted by atomic mass is 10.1. The Morgan fingerprint density at radius 3 is 1.83 bits per heavy atom. The lowest BCUT2D eigenvalue weighted by Gasteiger charge is -2.09. The molecular weight excluding hydrogens is 392 g/mol. The van der Waals surface area contributed by atoms with Gasteiger partial charge in [0.2, 0.25) is 6.29 Å². The smallest absolute Gasteiger partial charge is 0.347 e. The second-order valence-electron chi connectivity index (χ2n) is 6.57. The van der Waals surface area contributed by atoms with Gasteiger partial charge in [-0.05, 0) is 60.7 Å². The first-order chi connectivity index (χ1) is 14.5. The zero-order chi connectivity index (χ0) is 20.8. The van der Waals surface area contributed by atoms with Gasteiger partial charge in [0.25, 0.3) is 0 Å². The first-order valence-electron chi connectivity index (χ1n) is 8.87. The van der Waals surface area contributed by atoms with E-state index in [1.165, 1.54) is 18.2 Å². The van der Waals surface area contributed by atoms with Crippen molar-refractivity contribution in [1.29, 1.82) is 0 Å². The molecule has 2 aliphatic rings. The maximum Gasteiger partial charge on any atom is 0.347 e. The summed E-state index contributed by atoms with van der Waals surface area (Å²) >= 11 is 0. The molecule has 1 unspecified atom stereocenters. The average molecular weight is 404 g/mol. The molecule has 2 heterocycles. The van der Waals surface area contributed by atoms with E-state index >= 15 is 0 Å². The molecule has 0 radical (unpaired) electrons. The van der Waals surface area contributed by atoms with Crippen LogP contribution in [-0.4, -0.2) is 23.0 Å². The van der Waals surface area contributed by atoms with Crippen molar-refractivity contribution in [2.45, 2.75) is 6.29 Å². The Labute approximate surface area is 169 Å². The van der Waals surface area contributed by atoms with Gasteiger partial charge in [0.15, 0.2) is 0 Å². The van der Waals surface area contributed by atoms with E-state index in [9.17, 15) is 19.5 Å². The number of hydrogen-bond acceptors (Lipinski definition) is 8. The van der Waals surface area contributed by atoms with Crippen LogP contribution in [0, 0.1) is 0 Å². The molecule has 1 atom stereocenters. The number of carbonyl (C=O) groups excluding carboxylic acids is 3. The number of benzene rings is 3. The van der Waals surface area contributed by atoms with Crippen molar-refractivity contribution >= 4 is 17.9 Å². The maximum absolute atomic E-state index is 11.7. The van der Waals surface area contributed by atoms with Crippen LogP contribution < -0.4 is 9.47 Å². The molecule has 8 heteroatoms. The van der Waals surface area contributed by atoms with Crippen LogP contribution in [0.2, 0.25) is 0 Å². The molecule has 0 aromatic heterocycles. The lowest BCUT2D eigenvalue weighted by molar-refractivity contribution is -0.0547. The third kappa shape index (κ3) is 3.05. The van der Waals surface area contributed by atoms with Crippen LogP contribution in [0.3, 0.4) is 0 Å². The predicted octanol–water partition coefficient (Wildman–Crippen LogP) is 3.74. The van der Waals surface area contributed by atoms with Gasteiger partial charge in [0.05, 0.1) is 16.7 Å². The fourth-order valence-electron chi connectivity index (χ4n) is 3.20.